The van der Waals surface area contributed by atoms with E-state index in [1.807, 2.05) is 13.8 Å². The Bertz CT molecular complexity index is 410. The second-order valence-electron chi connectivity index (χ2n) is 5.08. The summed E-state index contributed by atoms with van der Waals surface area (Å²) in [5.74, 6) is -3.27. The standard InChI is InChI=1S/C12H22N4O5/c1-6(2)3-7(13)11(20)16-8(4-9(14)17)12(21)15-5-10(18)19/h6-8H,3-5,13H2,1-2H3,(H2,14,17)(H,15,21)(H,16,20)(H,18,19)/t7-,8-/m0/s1. The maximum atomic E-state index is 11.8. The van der Waals surface area contributed by atoms with Crippen LogP contribution < -0.4 is 22.1 Å². The molecule has 0 spiro atoms. The summed E-state index contributed by atoms with van der Waals surface area (Å²) in [4.78, 5) is 44.9. The molecule has 2 atom stereocenters. The zero-order valence-corrected chi connectivity index (χ0v) is 12.1. The highest BCUT2D eigenvalue weighted by atomic mass is 16.4. The highest BCUT2D eigenvalue weighted by Crippen LogP contribution is 2.03. The van der Waals surface area contributed by atoms with Crippen LogP contribution in [0.25, 0.3) is 0 Å². The van der Waals surface area contributed by atoms with Crippen LogP contribution in [0.2, 0.25) is 0 Å². The molecule has 0 radical (unpaired) electrons. The lowest BCUT2D eigenvalue weighted by atomic mass is 10.0. The SMILES string of the molecule is CC(C)C[C@H](N)C(=O)N[C@@H](CC(N)=O)C(=O)NCC(=O)O. The Labute approximate surface area is 122 Å². The molecule has 0 saturated carbocycles. The summed E-state index contributed by atoms with van der Waals surface area (Å²) >= 11 is 0. The van der Waals surface area contributed by atoms with Crippen molar-refractivity contribution in [1.82, 2.24) is 10.6 Å². The van der Waals surface area contributed by atoms with Crippen molar-refractivity contribution in [2.24, 2.45) is 17.4 Å². The van der Waals surface area contributed by atoms with Crippen LogP contribution >= 0.6 is 0 Å². The number of amides is 3. The number of carboxylic acids is 1. The lowest BCUT2D eigenvalue weighted by Crippen LogP contribution is -2.53. The van der Waals surface area contributed by atoms with Crippen LogP contribution in [-0.2, 0) is 19.2 Å². The summed E-state index contributed by atoms with van der Waals surface area (Å²) in [6.45, 7) is 3.14. The van der Waals surface area contributed by atoms with Gasteiger partial charge in [-0.05, 0) is 12.3 Å². The monoisotopic (exact) mass is 302 g/mol. The van der Waals surface area contributed by atoms with Gasteiger partial charge in [-0.1, -0.05) is 13.8 Å². The molecule has 21 heavy (non-hydrogen) atoms. The Morgan fingerprint density at radius 3 is 2.14 bits per heavy atom. The molecule has 9 heteroatoms. The lowest BCUT2D eigenvalue weighted by Gasteiger charge is -2.20. The number of carbonyl (C=O) groups excluding carboxylic acids is 3. The van der Waals surface area contributed by atoms with E-state index in [2.05, 4.69) is 10.6 Å². The Morgan fingerprint density at radius 1 is 1.14 bits per heavy atom. The van der Waals surface area contributed by atoms with Gasteiger partial charge in [-0.25, -0.2) is 0 Å². The molecule has 0 aliphatic heterocycles. The molecule has 0 aliphatic carbocycles. The van der Waals surface area contributed by atoms with Gasteiger partial charge in [0.05, 0.1) is 12.5 Å². The third kappa shape index (κ3) is 8.58. The Hall–Kier alpha value is -2.16. The molecule has 120 valence electrons. The number of hydrogen-bond donors (Lipinski definition) is 5. The van der Waals surface area contributed by atoms with Crippen molar-refractivity contribution in [3.8, 4) is 0 Å². The molecule has 0 aromatic rings. The number of rotatable bonds is 9. The minimum absolute atomic E-state index is 0.182. The number of carboxylic acid groups (broad SMARTS) is 1. The first kappa shape index (κ1) is 18.8. The number of nitrogens with one attached hydrogen (secondary N) is 2. The Morgan fingerprint density at radius 2 is 1.71 bits per heavy atom. The van der Waals surface area contributed by atoms with Crippen LogP contribution in [0.4, 0.5) is 0 Å². The van der Waals surface area contributed by atoms with E-state index in [-0.39, 0.29) is 5.92 Å². The summed E-state index contributed by atoms with van der Waals surface area (Å²) in [5.41, 5.74) is 10.7. The molecule has 7 N–H and O–H groups in total. The van der Waals surface area contributed by atoms with Crippen LogP contribution in [0.15, 0.2) is 0 Å². The molecule has 0 fully saturated rings. The number of nitrogens with two attached hydrogens (primary N) is 2. The van der Waals surface area contributed by atoms with Crippen molar-refractivity contribution in [1.29, 1.82) is 0 Å². The van der Waals surface area contributed by atoms with Crippen LogP contribution in [0.1, 0.15) is 26.7 Å². The van der Waals surface area contributed by atoms with Crippen LogP contribution in [-0.4, -0.2) is 47.4 Å². The van der Waals surface area contributed by atoms with Gasteiger partial charge in [0.1, 0.15) is 12.6 Å². The molecule has 0 saturated heterocycles. The van der Waals surface area contributed by atoms with E-state index in [4.69, 9.17) is 16.6 Å². The van der Waals surface area contributed by atoms with Gasteiger partial charge in [0.15, 0.2) is 0 Å². The molecule has 0 aliphatic rings. The van der Waals surface area contributed by atoms with E-state index < -0.39 is 48.7 Å². The second kappa shape index (κ2) is 8.90. The van der Waals surface area contributed by atoms with Crippen LogP contribution in [0, 0.1) is 5.92 Å². The normalized spacial score (nSPS) is 13.3. The maximum Gasteiger partial charge on any atom is 0.322 e. The number of hydrogen-bond acceptors (Lipinski definition) is 5. The number of primary amides is 1. The van der Waals surface area contributed by atoms with E-state index in [0.717, 1.165) is 0 Å². The van der Waals surface area contributed by atoms with E-state index in [9.17, 15) is 19.2 Å². The molecule has 0 aromatic heterocycles. The molecule has 3 amide bonds. The van der Waals surface area contributed by atoms with Crippen molar-refractivity contribution >= 4 is 23.7 Å². The fourth-order valence-electron chi connectivity index (χ4n) is 1.59. The van der Waals surface area contributed by atoms with Gasteiger partial charge in [0, 0.05) is 0 Å². The average Bonchev–Trinajstić information content (AvgIpc) is 2.33. The molecule has 0 heterocycles. The van der Waals surface area contributed by atoms with Crippen molar-refractivity contribution < 1.29 is 24.3 Å². The second-order valence-corrected chi connectivity index (χ2v) is 5.08. The van der Waals surface area contributed by atoms with Crippen molar-refractivity contribution in [2.45, 2.75) is 38.8 Å². The molecule has 0 bridgehead atoms. The largest absolute Gasteiger partial charge is 0.480 e. The predicted molar refractivity (Wildman–Crippen MR) is 73.8 cm³/mol. The highest BCUT2D eigenvalue weighted by molar-refractivity contribution is 5.93. The average molecular weight is 302 g/mol. The van der Waals surface area contributed by atoms with Crippen molar-refractivity contribution in [2.75, 3.05) is 6.54 Å². The topological polar surface area (TPSA) is 165 Å². The van der Waals surface area contributed by atoms with E-state index in [1.54, 1.807) is 0 Å². The van der Waals surface area contributed by atoms with E-state index >= 15 is 0 Å². The third-order valence-corrected chi connectivity index (χ3v) is 2.51. The summed E-state index contributed by atoms with van der Waals surface area (Å²) < 4.78 is 0. The molecule has 0 unspecified atom stereocenters. The molecular formula is C12H22N4O5. The summed E-state index contributed by atoms with van der Waals surface area (Å²) in [6, 6.07) is -2.07. The van der Waals surface area contributed by atoms with Gasteiger partial charge in [-0.15, -0.1) is 0 Å². The predicted octanol–water partition coefficient (Wildman–Crippen LogP) is -2.08. The van der Waals surface area contributed by atoms with Gasteiger partial charge in [-0.2, -0.15) is 0 Å². The minimum atomic E-state index is -1.25. The molecular weight excluding hydrogens is 280 g/mol. The summed E-state index contributed by atoms with van der Waals surface area (Å²) in [5, 5.41) is 12.9. The lowest BCUT2D eigenvalue weighted by molar-refractivity contribution is -0.138. The Kier molecular flexibility index (Phi) is 7.99. The van der Waals surface area contributed by atoms with Gasteiger partial charge < -0.3 is 27.2 Å². The van der Waals surface area contributed by atoms with Crippen LogP contribution in [0.5, 0.6) is 0 Å². The first-order chi connectivity index (χ1) is 9.63. The third-order valence-electron chi connectivity index (χ3n) is 2.51. The summed E-state index contributed by atoms with van der Waals surface area (Å²) in [7, 11) is 0. The Balaban J connectivity index is 4.68. The molecule has 9 nitrogen and oxygen atoms in total. The van der Waals surface area contributed by atoms with Crippen molar-refractivity contribution in [3.05, 3.63) is 0 Å². The zero-order chi connectivity index (χ0) is 16.6. The molecule has 0 aromatic carbocycles. The van der Waals surface area contributed by atoms with Gasteiger partial charge in [0.2, 0.25) is 17.7 Å². The van der Waals surface area contributed by atoms with Gasteiger partial charge >= 0.3 is 5.97 Å². The molecule has 0 rings (SSSR count). The van der Waals surface area contributed by atoms with Crippen LogP contribution in [0.3, 0.4) is 0 Å². The van der Waals surface area contributed by atoms with E-state index in [1.165, 1.54) is 0 Å². The minimum Gasteiger partial charge on any atom is -0.480 e. The highest BCUT2D eigenvalue weighted by Gasteiger charge is 2.25. The van der Waals surface area contributed by atoms with Crippen molar-refractivity contribution in [3.63, 3.8) is 0 Å². The first-order valence-corrected chi connectivity index (χ1v) is 6.47. The maximum absolute atomic E-state index is 11.8. The fraction of sp³-hybridized carbons (Fsp3) is 0.667. The zero-order valence-electron chi connectivity index (χ0n) is 12.1. The van der Waals surface area contributed by atoms with Gasteiger partial charge in [-0.3, -0.25) is 19.2 Å². The summed E-state index contributed by atoms with van der Waals surface area (Å²) in [6.07, 6.45) is -0.0303. The van der Waals surface area contributed by atoms with E-state index in [0.29, 0.717) is 6.42 Å². The van der Waals surface area contributed by atoms with Gasteiger partial charge in [0.25, 0.3) is 0 Å². The first-order valence-electron chi connectivity index (χ1n) is 6.47. The fourth-order valence-corrected chi connectivity index (χ4v) is 1.59. The number of aliphatic carboxylic acids is 1. The number of carbonyl (C=O) groups is 4. The smallest absolute Gasteiger partial charge is 0.322 e. The quantitative estimate of drug-likeness (QED) is 0.328.